The van der Waals surface area contributed by atoms with Crippen molar-refractivity contribution in [1.82, 2.24) is 0 Å². The molecule has 1 atom stereocenters. The van der Waals surface area contributed by atoms with Crippen molar-refractivity contribution in [1.29, 1.82) is 0 Å². The molecule has 0 saturated carbocycles. The van der Waals surface area contributed by atoms with Crippen molar-refractivity contribution >= 4 is 23.3 Å². The summed E-state index contributed by atoms with van der Waals surface area (Å²) in [6, 6.07) is 3.05. The van der Waals surface area contributed by atoms with Crippen LogP contribution in [-0.2, 0) is 4.79 Å². The highest BCUT2D eigenvalue weighted by Crippen LogP contribution is 2.24. The second kappa shape index (κ2) is 5.16. The largest absolute Gasteiger partial charge is 0.480 e. The van der Waals surface area contributed by atoms with E-state index in [1.165, 1.54) is 12.1 Å². The van der Waals surface area contributed by atoms with Crippen LogP contribution in [0.3, 0.4) is 0 Å². The summed E-state index contributed by atoms with van der Waals surface area (Å²) < 4.78 is 12.8. The minimum atomic E-state index is -0.963. The zero-order valence-corrected chi connectivity index (χ0v) is 9.75. The van der Waals surface area contributed by atoms with Gasteiger partial charge in [-0.25, -0.2) is 9.18 Å². The number of aliphatic carboxylic acids is 1. The molecule has 1 unspecified atom stereocenters. The summed E-state index contributed by atoms with van der Waals surface area (Å²) in [5.74, 6) is -1.51. The molecule has 16 heavy (non-hydrogen) atoms. The molecule has 1 rings (SSSR count). The van der Waals surface area contributed by atoms with Gasteiger partial charge in [-0.2, -0.15) is 0 Å². The minimum Gasteiger partial charge on any atom is -0.480 e. The lowest BCUT2D eigenvalue weighted by Gasteiger charge is -2.19. The van der Waals surface area contributed by atoms with Crippen LogP contribution in [0.4, 0.5) is 10.1 Å². The summed E-state index contributed by atoms with van der Waals surface area (Å²) in [6.07, 6.45) is 0. The standard InChI is InChI=1S/C11H13ClFNO2/c1-6(2)10(11(15)16)14-9-4-3-7(13)5-8(9)12/h3-6,10,14H,1-2H3,(H,15,16). The molecule has 0 aliphatic rings. The molecule has 0 aliphatic heterocycles. The molecule has 1 aromatic carbocycles. The maximum absolute atomic E-state index is 12.8. The summed E-state index contributed by atoms with van der Waals surface area (Å²) in [5.41, 5.74) is 0.421. The Morgan fingerprint density at radius 3 is 2.56 bits per heavy atom. The van der Waals surface area contributed by atoms with E-state index >= 15 is 0 Å². The third-order valence-corrected chi connectivity index (χ3v) is 2.49. The number of anilines is 1. The van der Waals surface area contributed by atoms with E-state index in [2.05, 4.69) is 5.32 Å². The second-order valence-corrected chi connectivity index (χ2v) is 4.24. The molecule has 1 aromatic rings. The highest BCUT2D eigenvalue weighted by Gasteiger charge is 2.21. The lowest BCUT2D eigenvalue weighted by Crippen LogP contribution is -2.34. The average molecular weight is 246 g/mol. The summed E-state index contributed by atoms with van der Waals surface area (Å²) in [4.78, 5) is 10.9. The molecule has 0 heterocycles. The Bertz CT molecular complexity index is 396. The summed E-state index contributed by atoms with van der Waals surface area (Å²) in [5, 5.41) is 11.9. The van der Waals surface area contributed by atoms with E-state index in [9.17, 15) is 9.18 Å². The molecule has 0 amide bonds. The van der Waals surface area contributed by atoms with Gasteiger partial charge in [-0.1, -0.05) is 25.4 Å². The van der Waals surface area contributed by atoms with Gasteiger partial charge in [0, 0.05) is 0 Å². The Kier molecular flexibility index (Phi) is 4.12. The van der Waals surface area contributed by atoms with Gasteiger partial charge in [0.2, 0.25) is 0 Å². The van der Waals surface area contributed by atoms with Crippen LogP contribution >= 0.6 is 11.6 Å². The van der Waals surface area contributed by atoms with Crippen LogP contribution in [-0.4, -0.2) is 17.1 Å². The first-order valence-electron chi connectivity index (χ1n) is 4.86. The average Bonchev–Trinajstić information content (AvgIpc) is 2.15. The van der Waals surface area contributed by atoms with Crippen molar-refractivity contribution in [2.75, 3.05) is 5.32 Å². The van der Waals surface area contributed by atoms with Crippen LogP contribution in [0.25, 0.3) is 0 Å². The SMILES string of the molecule is CC(C)C(Nc1ccc(F)cc1Cl)C(=O)O. The number of halogens is 2. The molecule has 5 heteroatoms. The van der Waals surface area contributed by atoms with Gasteiger partial charge in [-0.3, -0.25) is 0 Å². The lowest BCUT2D eigenvalue weighted by atomic mass is 10.0. The Labute approximate surface area is 98.2 Å². The third kappa shape index (κ3) is 3.10. The number of carboxylic acid groups (broad SMARTS) is 1. The molecule has 2 N–H and O–H groups in total. The smallest absolute Gasteiger partial charge is 0.326 e. The van der Waals surface area contributed by atoms with Gasteiger partial charge in [0.1, 0.15) is 11.9 Å². The summed E-state index contributed by atoms with van der Waals surface area (Å²) in [6.45, 7) is 3.56. The highest BCUT2D eigenvalue weighted by molar-refractivity contribution is 6.33. The minimum absolute atomic E-state index is 0.0985. The molecule has 0 saturated heterocycles. The maximum atomic E-state index is 12.8. The van der Waals surface area contributed by atoms with Gasteiger partial charge in [0.25, 0.3) is 0 Å². The number of rotatable bonds is 4. The number of nitrogens with one attached hydrogen (secondary N) is 1. The number of hydrogen-bond acceptors (Lipinski definition) is 2. The molecule has 0 radical (unpaired) electrons. The van der Waals surface area contributed by atoms with Gasteiger partial charge in [0.05, 0.1) is 10.7 Å². The van der Waals surface area contributed by atoms with Crippen molar-refractivity contribution < 1.29 is 14.3 Å². The van der Waals surface area contributed by atoms with Gasteiger partial charge < -0.3 is 10.4 Å². The molecule has 0 aromatic heterocycles. The van der Waals surface area contributed by atoms with Crippen molar-refractivity contribution in [3.05, 3.63) is 29.0 Å². The fourth-order valence-electron chi connectivity index (χ4n) is 1.29. The normalized spacial score (nSPS) is 12.6. The van der Waals surface area contributed by atoms with Crippen molar-refractivity contribution in [3.8, 4) is 0 Å². The van der Waals surface area contributed by atoms with E-state index in [1.807, 2.05) is 0 Å². The molecular formula is C11H13ClFNO2. The zero-order valence-electron chi connectivity index (χ0n) is 9.00. The fourth-order valence-corrected chi connectivity index (χ4v) is 1.51. The molecule has 3 nitrogen and oxygen atoms in total. The quantitative estimate of drug-likeness (QED) is 0.857. The zero-order chi connectivity index (χ0) is 12.3. The van der Waals surface area contributed by atoms with E-state index < -0.39 is 17.8 Å². The molecule has 88 valence electrons. The first-order valence-corrected chi connectivity index (χ1v) is 5.24. The molecule has 0 fully saturated rings. The monoisotopic (exact) mass is 245 g/mol. The van der Waals surface area contributed by atoms with E-state index in [1.54, 1.807) is 13.8 Å². The maximum Gasteiger partial charge on any atom is 0.326 e. The molecule has 0 spiro atoms. The second-order valence-electron chi connectivity index (χ2n) is 3.83. The van der Waals surface area contributed by atoms with Gasteiger partial charge in [0.15, 0.2) is 0 Å². The van der Waals surface area contributed by atoms with Gasteiger partial charge >= 0.3 is 5.97 Å². The van der Waals surface area contributed by atoms with E-state index in [0.717, 1.165) is 6.07 Å². The predicted molar refractivity (Wildman–Crippen MR) is 61.3 cm³/mol. The van der Waals surface area contributed by atoms with Crippen LogP contribution in [0.15, 0.2) is 18.2 Å². The van der Waals surface area contributed by atoms with Crippen LogP contribution in [0.2, 0.25) is 5.02 Å². The van der Waals surface area contributed by atoms with Crippen molar-refractivity contribution in [2.24, 2.45) is 5.92 Å². The van der Waals surface area contributed by atoms with Crippen LogP contribution in [0.5, 0.6) is 0 Å². The van der Waals surface area contributed by atoms with E-state index in [4.69, 9.17) is 16.7 Å². The van der Waals surface area contributed by atoms with Gasteiger partial charge in [-0.15, -0.1) is 0 Å². The predicted octanol–water partition coefficient (Wildman–Crippen LogP) is 3.00. The molecular weight excluding hydrogens is 233 g/mol. The highest BCUT2D eigenvalue weighted by atomic mass is 35.5. The summed E-state index contributed by atoms with van der Waals surface area (Å²) in [7, 11) is 0. The van der Waals surface area contributed by atoms with Crippen molar-refractivity contribution in [2.45, 2.75) is 19.9 Å². The van der Waals surface area contributed by atoms with Crippen LogP contribution in [0.1, 0.15) is 13.8 Å². The fraction of sp³-hybridized carbons (Fsp3) is 0.364. The summed E-state index contributed by atoms with van der Waals surface area (Å²) >= 11 is 5.79. The Morgan fingerprint density at radius 2 is 2.12 bits per heavy atom. The number of benzene rings is 1. The number of hydrogen-bond donors (Lipinski definition) is 2. The van der Waals surface area contributed by atoms with E-state index in [0.29, 0.717) is 5.69 Å². The number of carbonyl (C=O) groups is 1. The topological polar surface area (TPSA) is 49.3 Å². The molecule has 0 aliphatic carbocycles. The molecule has 0 bridgehead atoms. The third-order valence-electron chi connectivity index (χ3n) is 2.17. The first-order chi connectivity index (χ1) is 7.41. The Morgan fingerprint density at radius 1 is 1.50 bits per heavy atom. The van der Waals surface area contributed by atoms with Crippen molar-refractivity contribution in [3.63, 3.8) is 0 Å². The van der Waals surface area contributed by atoms with Crippen LogP contribution < -0.4 is 5.32 Å². The Balaban J connectivity index is 2.90. The number of carboxylic acids is 1. The first kappa shape index (κ1) is 12.8. The van der Waals surface area contributed by atoms with E-state index in [-0.39, 0.29) is 10.9 Å². The van der Waals surface area contributed by atoms with Crippen LogP contribution in [0, 0.1) is 11.7 Å². The Hall–Kier alpha value is -1.29. The van der Waals surface area contributed by atoms with Gasteiger partial charge in [-0.05, 0) is 24.1 Å². The lowest BCUT2D eigenvalue weighted by molar-refractivity contribution is -0.138.